The average molecular weight is 472 g/mol. The van der Waals surface area contributed by atoms with Crippen molar-refractivity contribution in [2.24, 2.45) is 5.92 Å². The molecule has 0 unspecified atom stereocenters. The van der Waals surface area contributed by atoms with Crippen molar-refractivity contribution in [1.82, 2.24) is 9.88 Å². The summed E-state index contributed by atoms with van der Waals surface area (Å²) in [5, 5.41) is 4.10. The van der Waals surface area contributed by atoms with Gasteiger partial charge >= 0.3 is 0 Å². The van der Waals surface area contributed by atoms with E-state index in [0.717, 1.165) is 53.4 Å². The van der Waals surface area contributed by atoms with Gasteiger partial charge in [-0.1, -0.05) is 36.4 Å². The molecule has 2 fully saturated rings. The normalized spacial score (nSPS) is 18.4. The molecule has 35 heavy (non-hydrogen) atoms. The molecule has 0 atom stereocenters. The molecule has 3 aromatic rings. The second-order valence-electron chi connectivity index (χ2n) is 9.88. The van der Waals surface area contributed by atoms with Gasteiger partial charge in [0.15, 0.2) is 0 Å². The van der Waals surface area contributed by atoms with Crippen molar-refractivity contribution in [3.05, 3.63) is 71.9 Å². The number of nitrogens with one attached hydrogen (secondary N) is 1. The molecule has 1 N–H and O–H groups in total. The number of likely N-dealkylation sites (tertiary alicyclic amines) is 1. The molecular formula is C29H33N3O3. The SMILES string of the molecule is Cc1ccc2ncccc2c1NC(=O)CC1CCN(C(=O)C2(c3ccccc3)CCOCC2)CC1. The predicted molar refractivity (Wildman–Crippen MR) is 137 cm³/mol. The molecule has 0 radical (unpaired) electrons. The van der Waals surface area contributed by atoms with Crippen LogP contribution in [0.4, 0.5) is 5.69 Å². The van der Waals surface area contributed by atoms with Gasteiger partial charge < -0.3 is 15.0 Å². The van der Waals surface area contributed by atoms with Crippen LogP contribution in [0.15, 0.2) is 60.8 Å². The van der Waals surface area contributed by atoms with Crippen LogP contribution in [-0.4, -0.2) is 48.0 Å². The number of hydrogen-bond acceptors (Lipinski definition) is 4. The first kappa shape index (κ1) is 23.5. The van der Waals surface area contributed by atoms with Gasteiger partial charge in [-0.2, -0.15) is 0 Å². The van der Waals surface area contributed by atoms with Crippen LogP contribution in [0.25, 0.3) is 10.9 Å². The molecule has 0 spiro atoms. The van der Waals surface area contributed by atoms with Gasteiger partial charge in [0.05, 0.1) is 16.6 Å². The Balaban J connectivity index is 1.22. The molecule has 182 valence electrons. The van der Waals surface area contributed by atoms with Crippen molar-refractivity contribution in [1.29, 1.82) is 0 Å². The molecule has 2 aliphatic rings. The summed E-state index contributed by atoms with van der Waals surface area (Å²) in [5.41, 5.74) is 3.35. The number of fused-ring (bicyclic) bond motifs is 1. The number of hydrogen-bond donors (Lipinski definition) is 1. The van der Waals surface area contributed by atoms with Gasteiger partial charge in [-0.05, 0) is 67.9 Å². The molecule has 3 heterocycles. The Morgan fingerprint density at radius 2 is 1.77 bits per heavy atom. The third kappa shape index (κ3) is 4.80. The summed E-state index contributed by atoms with van der Waals surface area (Å²) in [4.78, 5) is 33.2. The smallest absolute Gasteiger partial charge is 0.233 e. The molecule has 2 aliphatic heterocycles. The van der Waals surface area contributed by atoms with Crippen molar-refractivity contribution in [3.63, 3.8) is 0 Å². The Kier molecular flexibility index (Phi) is 6.82. The monoisotopic (exact) mass is 471 g/mol. The molecule has 5 rings (SSSR count). The van der Waals surface area contributed by atoms with Crippen molar-refractivity contribution in [2.45, 2.75) is 44.4 Å². The van der Waals surface area contributed by atoms with Crippen LogP contribution < -0.4 is 5.32 Å². The van der Waals surface area contributed by atoms with E-state index in [1.165, 1.54) is 0 Å². The first-order valence-electron chi connectivity index (χ1n) is 12.6. The molecule has 1 aromatic heterocycles. The third-order valence-corrected chi connectivity index (χ3v) is 7.72. The molecule has 0 bridgehead atoms. The first-order valence-corrected chi connectivity index (χ1v) is 12.6. The average Bonchev–Trinajstić information content (AvgIpc) is 2.91. The van der Waals surface area contributed by atoms with Gasteiger partial charge in [-0.25, -0.2) is 0 Å². The van der Waals surface area contributed by atoms with Crippen molar-refractivity contribution >= 4 is 28.4 Å². The van der Waals surface area contributed by atoms with Crippen molar-refractivity contribution < 1.29 is 14.3 Å². The number of ether oxygens (including phenoxy) is 1. The number of anilines is 1. The largest absolute Gasteiger partial charge is 0.381 e. The second kappa shape index (κ2) is 10.2. The van der Waals surface area contributed by atoms with E-state index in [1.807, 2.05) is 54.3 Å². The zero-order valence-electron chi connectivity index (χ0n) is 20.3. The summed E-state index contributed by atoms with van der Waals surface area (Å²) in [7, 11) is 0. The number of nitrogens with zero attached hydrogens (tertiary/aromatic N) is 2. The maximum absolute atomic E-state index is 13.8. The van der Waals surface area contributed by atoms with Gasteiger partial charge in [0, 0.05) is 44.3 Å². The van der Waals surface area contributed by atoms with E-state index < -0.39 is 5.41 Å². The number of aryl methyl sites for hydroxylation is 1. The minimum Gasteiger partial charge on any atom is -0.381 e. The van der Waals surface area contributed by atoms with E-state index in [2.05, 4.69) is 22.4 Å². The molecule has 2 aromatic carbocycles. The summed E-state index contributed by atoms with van der Waals surface area (Å²) >= 11 is 0. The van der Waals surface area contributed by atoms with Crippen LogP contribution in [0.1, 0.15) is 43.2 Å². The fourth-order valence-corrected chi connectivity index (χ4v) is 5.63. The van der Waals surface area contributed by atoms with Gasteiger partial charge in [-0.15, -0.1) is 0 Å². The minimum absolute atomic E-state index is 0.0272. The lowest BCUT2D eigenvalue weighted by Gasteiger charge is -2.42. The van der Waals surface area contributed by atoms with Crippen LogP contribution in [0.5, 0.6) is 0 Å². The zero-order chi connectivity index (χ0) is 24.3. The van der Waals surface area contributed by atoms with Crippen molar-refractivity contribution in [3.8, 4) is 0 Å². The third-order valence-electron chi connectivity index (χ3n) is 7.72. The van der Waals surface area contributed by atoms with Crippen LogP contribution >= 0.6 is 0 Å². The van der Waals surface area contributed by atoms with E-state index in [9.17, 15) is 9.59 Å². The van der Waals surface area contributed by atoms with E-state index in [-0.39, 0.29) is 17.7 Å². The highest BCUT2D eigenvalue weighted by molar-refractivity contribution is 6.02. The minimum atomic E-state index is -0.496. The Bertz CT molecular complexity index is 1200. The number of benzene rings is 2. The molecule has 0 aliphatic carbocycles. The molecule has 2 amide bonds. The van der Waals surface area contributed by atoms with Gasteiger partial charge in [-0.3, -0.25) is 14.6 Å². The molecule has 6 nitrogen and oxygen atoms in total. The van der Waals surface area contributed by atoms with Gasteiger partial charge in [0.25, 0.3) is 0 Å². The summed E-state index contributed by atoms with van der Waals surface area (Å²) in [6, 6.07) is 18.0. The number of amides is 2. The predicted octanol–water partition coefficient (Wildman–Crippen LogP) is 4.86. The Morgan fingerprint density at radius 3 is 2.51 bits per heavy atom. The highest BCUT2D eigenvalue weighted by atomic mass is 16.5. The quantitative estimate of drug-likeness (QED) is 0.577. The Hall–Kier alpha value is -3.25. The Morgan fingerprint density at radius 1 is 1.03 bits per heavy atom. The van der Waals surface area contributed by atoms with E-state index >= 15 is 0 Å². The number of carbonyl (C=O) groups is 2. The maximum Gasteiger partial charge on any atom is 0.233 e. The number of pyridine rings is 1. The first-order chi connectivity index (χ1) is 17.1. The summed E-state index contributed by atoms with van der Waals surface area (Å²) in [6.45, 7) is 4.62. The van der Waals surface area contributed by atoms with E-state index in [1.54, 1.807) is 6.20 Å². The maximum atomic E-state index is 13.8. The summed E-state index contributed by atoms with van der Waals surface area (Å²) < 4.78 is 5.61. The van der Waals surface area contributed by atoms with Crippen molar-refractivity contribution in [2.75, 3.05) is 31.6 Å². The van der Waals surface area contributed by atoms with Gasteiger partial charge in [0.2, 0.25) is 11.8 Å². The number of piperidine rings is 1. The fraction of sp³-hybridized carbons (Fsp3) is 0.414. The number of rotatable bonds is 5. The lowest BCUT2D eigenvalue weighted by atomic mass is 9.72. The Labute approximate surface area is 206 Å². The van der Waals surface area contributed by atoms with Gasteiger partial charge in [0.1, 0.15) is 0 Å². The highest BCUT2D eigenvalue weighted by Crippen LogP contribution is 2.38. The lowest BCUT2D eigenvalue weighted by Crippen LogP contribution is -2.52. The van der Waals surface area contributed by atoms with Crippen LogP contribution in [0, 0.1) is 12.8 Å². The number of aromatic nitrogens is 1. The highest BCUT2D eigenvalue weighted by Gasteiger charge is 2.44. The van der Waals surface area contributed by atoms with Crippen LogP contribution in [-0.2, 0) is 19.7 Å². The lowest BCUT2D eigenvalue weighted by molar-refractivity contribution is -0.142. The number of carbonyl (C=O) groups excluding carboxylic acids is 2. The topological polar surface area (TPSA) is 71.5 Å². The molecule has 6 heteroatoms. The van der Waals surface area contributed by atoms with E-state index in [4.69, 9.17) is 4.74 Å². The fourth-order valence-electron chi connectivity index (χ4n) is 5.63. The summed E-state index contributed by atoms with van der Waals surface area (Å²) in [5.74, 6) is 0.517. The zero-order valence-corrected chi connectivity index (χ0v) is 20.3. The molecule has 0 saturated carbocycles. The summed E-state index contributed by atoms with van der Waals surface area (Å²) in [6.07, 6.45) is 5.36. The molecule has 2 saturated heterocycles. The molecular weight excluding hydrogens is 438 g/mol. The van der Waals surface area contributed by atoms with E-state index in [0.29, 0.717) is 32.7 Å². The second-order valence-corrected chi connectivity index (χ2v) is 9.88. The standard InChI is InChI=1S/C29H33N3O3/c1-21-9-10-25-24(8-5-15-30-25)27(21)31-26(33)20-22-11-16-32(17-12-22)28(34)29(13-18-35-19-14-29)23-6-3-2-4-7-23/h2-10,15,22H,11-14,16-20H2,1H3,(H,31,33). The van der Waals surface area contributed by atoms with Crippen LogP contribution in [0.3, 0.4) is 0 Å². The van der Waals surface area contributed by atoms with Crippen LogP contribution in [0.2, 0.25) is 0 Å².